The fourth-order valence-electron chi connectivity index (χ4n) is 1.83. The first kappa shape index (κ1) is 16.2. The van der Waals surface area contributed by atoms with E-state index >= 15 is 0 Å². The summed E-state index contributed by atoms with van der Waals surface area (Å²) in [5.74, 6) is -0.488. The van der Waals surface area contributed by atoms with E-state index in [1.807, 2.05) is 0 Å². The normalized spacial score (nSPS) is 11.9. The Labute approximate surface area is 133 Å². The summed E-state index contributed by atoms with van der Waals surface area (Å²) in [5, 5.41) is 0.871. The van der Waals surface area contributed by atoms with Crippen molar-refractivity contribution in [3.8, 4) is 0 Å². The molecule has 0 N–H and O–H groups in total. The highest BCUT2D eigenvalue weighted by atomic mass is 35.5. The summed E-state index contributed by atoms with van der Waals surface area (Å²) < 4.78 is 38.7. The van der Waals surface area contributed by atoms with Crippen molar-refractivity contribution in [2.75, 3.05) is 7.05 Å². The summed E-state index contributed by atoms with van der Waals surface area (Å²) in [6.07, 6.45) is 0. The summed E-state index contributed by atoms with van der Waals surface area (Å²) in [6.45, 7) is 0.111. The Balaban J connectivity index is 2.26. The van der Waals surface area contributed by atoms with Crippen LogP contribution in [0.2, 0.25) is 10.0 Å². The van der Waals surface area contributed by atoms with Crippen molar-refractivity contribution in [2.24, 2.45) is 0 Å². The van der Waals surface area contributed by atoms with Gasteiger partial charge in [0, 0.05) is 23.6 Å². The average Bonchev–Trinajstić information content (AvgIpc) is 2.37. The first-order valence-corrected chi connectivity index (χ1v) is 8.15. The van der Waals surface area contributed by atoms with E-state index in [0.717, 1.165) is 16.4 Å². The first-order valence-electron chi connectivity index (χ1n) is 5.96. The Morgan fingerprint density at radius 2 is 1.57 bits per heavy atom. The van der Waals surface area contributed by atoms with Crippen molar-refractivity contribution in [1.82, 2.24) is 4.31 Å². The third-order valence-corrected chi connectivity index (χ3v) is 5.10. The Kier molecular flexibility index (Phi) is 4.88. The maximum atomic E-state index is 12.9. The average molecular weight is 348 g/mol. The van der Waals surface area contributed by atoms with Gasteiger partial charge in [-0.2, -0.15) is 4.31 Å². The molecule has 2 aromatic rings. The van der Waals surface area contributed by atoms with Gasteiger partial charge >= 0.3 is 0 Å². The molecule has 0 spiro atoms. The Morgan fingerprint density at radius 1 is 1.05 bits per heavy atom. The molecule has 0 fully saturated rings. The van der Waals surface area contributed by atoms with Gasteiger partial charge in [0.2, 0.25) is 10.0 Å². The SMILES string of the molecule is CN(Cc1cc(Cl)cc(Cl)c1)S(=O)(=O)c1ccc(F)cc1. The molecule has 0 atom stereocenters. The summed E-state index contributed by atoms with van der Waals surface area (Å²) in [6, 6.07) is 9.53. The summed E-state index contributed by atoms with van der Waals surface area (Å²) in [4.78, 5) is 0.0273. The van der Waals surface area contributed by atoms with Crippen LogP contribution in [0.4, 0.5) is 4.39 Å². The van der Waals surface area contributed by atoms with E-state index in [9.17, 15) is 12.8 Å². The highest BCUT2D eigenvalue weighted by Crippen LogP contribution is 2.22. The molecule has 0 amide bonds. The molecule has 2 rings (SSSR count). The molecule has 2 aromatic carbocycles. The molecule has 0 unspecified atom stereocenters. The van der Waals surface area contributed by atoms with Crippen LogP contribution in [-0.4, -0.2) is 19.8 Å². The van der Waals surface area contributed by atoms with Crippen molar-refractivity contribution in [2.45, 2.75) is 11.4 Å². The maximum Gasteiger partial charge on any atom is 0.243 e. The molecule has 0 aliphatic rings. The second-order valence-corrected chi connectivity index (χ2v) is 7.41. The molecule has 0 radical (unpaired) electrons. The number of hydrogen-bond donors (Lipinski definition) is 0. The van der Waals surface area contributed by atoms with Crippen molar-refractivity contribution in [3.05, 3.63) is 63.9 Å². The van der Waals surface area contributed by atoms with E-state index < -0.39 is 15.8 Å². The summed E-state index contributed by atoms with van der Waals surface area (Å²) in [5.41, 5.74) is 0.667. The van der Waals surface area contributed by atoms with Gasteiger partial charge in [-0.15, -0.1) is 0 Å². The third kappa shape index (κ3) is 3.95. The lowest BCUT2D eigenvalue weighted by Gasteiger charge is -2.17. The fraction of sp³-hybridized carbons (Fsp3) is 0.143. The van der Waals surface area contributed by atoms with Crippen LogP contribution in [0.15, 0.2) is 47.4 Å². The first-order chi connectivity index (χ1) is 9.79. The number of sulfonamides is 1. The van der Waals surface area contributed by atoms with Gasteiger partial charge in [0.15, 0.2) is 0 Å². The summed E-state index contributed by atoms with van der Waals surface area (Å²) in [7, 11) is -2.26. The zero-order valence-corrected chi connectivity index (χ0v) is 13.4. The van der Waals surface area contributed by atoms with E-state index in [4.69, 9.17) is 23.2 Å². The molecule has 0 aliphatic heterocycles. The van der Waals surface area contributed by atoms with E-state index in [1.165, 1.54) is 19.2 Å². The third-order valence-electron chi connectivity index (χ3n) is 2.85. The van der Waals surface area contributed by atoms with Crippen LogP contribution in [0.5, 0.6) is 0 Å². The quantitative estimate of drug-likeness (QED) is 0.839. The van der Waals surface area contributed by atoms with Crippen molar-refractivity contribution < 1.29 is 12.8 Å². The van der Waals surface area contributed by atoms with E-state index in [2.05, 4.69) is 0 Å². The number of rotatable bonds is 4. The predicted molar refractivity (Wildman–Crippen MR) is 81.5 cm³/mol. The second kappa shape index (κ2) is 6.32. The molecule has 112 valence electrons. The molecule has 0 aromatic heterocycles. The highest BCUT2D eigenvalue weighted by Gasteiger charge is 2.21. The lowest BCUT2D eigenvalue weighted by Crippen LogP contribution is -2.26. The van der Waals surface area contributed by atoms with Gasteiger partial charge in [0.25, 0.3) is 0 Å². The van der Waals surface area contributed by atoms with E-state index in [1.54, 1.807) is 18.2 Å². The van der Waals surface area contributed by atoms with E-state index in [0.29, 0.717) is 15.6 Å². The van der Waals surface area contributed by atoms with Gasteiger partial charge in [-0.25, -0.2) is 12.8 Å². The Hall–Kier alpha value is -1.14. The fourth-order valence-corrected chi connectivity index (χ4v) is 3.56. The molecule has 3 nitrogen and oxygen atoms in total. The predicted octanol–water partition coefficient (Wildman–Crippen LogP) is 3.95. The van der Waals surface area contributed by atoms with Gasteiger partial charge in [-0.05, 0) is 48.0 Å². The Bertz CT molecular complexity index is 728. The topological polar surface area (TPSA) is 37.4 Å². The number of benzene rings is 2. The van der Waals surface area contributed by atoms with Gasteiger partial charge in [0.1, 0.15) is 5.82 Å². The van der Waals surface area contributed by atoms with Gasteiger partial charge in [-0.3, -0.25) is 0 Å². The Morgan fingerprint density at radius 3 is 2.10 bits per heavy atom. The molecule has 0 heterocycles. The monoisotopic (exact) mass is 347 g/mol. The lowest BCUT2D eigenvalue weighted by molar-refractivity contribution is 0.466. The zero-order chi connectivity index (χ0) is 15.6. The van der Waals surface area contributed by atoms with Crippen LogP contribution >= 0.6 is 23.2 Å². The summed E-state index contributed by atoms with van der Waals surface area (Å²) >= 11 is 11.8. The molecule has 0 saturated heterocycles. The zero-order valence-electron chi connectivity index (χ0n) is 11.1. The lowest BCUT2D eigenvalue weighted by atomic mass is 10.2. The maximum absolute atomic E-state index is 12.9. The number of nitrogens with zero attached hydrogens (tertiary/aromatic N) is 1. The minimum absolute atomic E-state index is 0.0273. The van der Waals surface area contributed by atoms with Crippen LogP contribution in [-0.2, 0) is 16.6 Å². The highest BCUT2D eigenvalue weighted by molar-refractivity contribution is 7.89. The van der Waals surface area contributed by atoms with Crippen LogP contribution in [0.25, 0.3) is 0 Å². The van der Waals surface area contributed by atoms with E-state index in [-0.39, 0.29) is 11.4 Å². The largest absolute Gasteiger partial charge is 0.243 e. The molecular weight excluding hydrogens is 336 g/mol. The molecule has 0 aliphatic carbocycles. The number of hydrogen-bond acceptors (Lipinski definition) is 2. The van der Waals surface area contributed by atoms with Gasteiger partial charge in [0.05, 0.1) is 4.90 Å². The molecular formula is C14H12Cl2FNO2S. The molecule has 7 heteroatoms. The van der Waals surface area contributed by atoms with Crippen LogP contribution in [0, 0.1) is 5.82 Å². The molecule has 0 bridgehead atoms. The van der Waals surface area contributed by atoms with Crippen LogP contribution in [0.3, 0.4) is 0 Å². The van der Waals surface area contributed by atoms with Gasteiger partial charge in [-0.1, -0.05) is 23.2 Å². The standard InChI is InChI=1S/C14H12Cl2FNO2S/c1-18(9-10-6-11(15)8-12(16)7-10)21(19,20)14-4-2-13(17)3-5-14/h2-8H,9H2,1H3. The van der Waals surface area contributed by atoms with Crippen LogP contribution < -0.4 is 0 Å². The molecule has 0 saturated carbocycles. The van der Waals surface area contributed by atoms with Crippen molar-refractivity contribution in [3.63, 3.8) is 0 Å². The van der Waals surface area contributed by atoms with Crippen molar-refractivity contribution in [1.29, 1.82) is 0 Å². The second-order valence-electron chi connectivity index (χ2n) is 4.49. The molecule has 21 heavy (non-hydrogen) atoms. The van der Waals surface area contributed by atoms with Gasteiger partial charge < -0.3 is 0 Å². The van der Waals surface area contributed by atoms with Crippen LogP contribution in [0.1, 0.15) is 5.56 Å². The minimum Gasteiger partial charge on any atom is -0.207 e. The smallest absolute Gasteiger partial charge is 0.207 e. The number of halogens is 3. The minimum atomic E-state index is -3.70. The van der Waals surface area contributed by atoms with Crippen molar-refractivity contribution >= 4 is 33.2 Å².